The highest BCUT2D eigenvalue weighted by Crippen LogP contribution is 2.16. The first-order valence-electron chi connectivity index (χ1n) is 5.09. The summed E-state index contributed by atoms with van der Waals surface area (Å²) >= 11 is 5.27. The summed E-state index contributed by atoms with van der Waals surface area (Å²) < 4.78 is 2.79. The van der Waals surface area contributed by atoms with Gasteiger partial charge in [-0.2, -0.15) is 0 Å². The van der Waals surface area contributed by atoms with Crippen LogP contribution in [-0.4, -0.2) is 9.55 Å². The van der Waals surface area contributed by atoms with Gasteiger partial charge in [-0.25, -0.2) is 0 Å². The number of hydrogen-bond acceptors (Lipinski definition) is 1. The molecule has 3 heteroatoms. The third-order valence-electron chi connectivity index (χ3n) is 2.48. The zero-order chi connectivity index (χ0) is 10.8. The maximum Gasteiger partial charge on any atom is 0.181 e. The van der Waals surface area contributed by atoms with Crippen LogP contribution >= 0.6 is 12.2 Å². The highest BCUT2D eigenvalue weighted by Gasteiger charge is 2.03. The molecule has 0 unspecified atom stereocenters. The van der Waals surface area contributed by atoms with Crippen molar-refractivity contribution in [3.8, 4) is 5.69 Å². The highest BCUT2D eigenvalue weighted by atomic mass is 32.1. The van der Waals surface area contributed by atoms with Crippen LogP contribution in [-0.2, 0) is 6.42 Å². The van der Waals surface area contributed by atoms with Gasteiger partial charge in [0.05, 0.1) is 5.69 Å². The monoisotopic (exact) mass is 218 g/mol. The van der Waals surface area contributed by atoms with Crippen molar-refractivity contribution in [2.45, 2.75) is 20.3 Å². The molecule has 2 aromatic rings. The van der Waals surface area contributed by atoms with Gasteiger partial charge in [0, 0.05) is 11.9 Å². The standard InChI is InChI=1S/C12H14N2S/c1-3-10-6-4-5-7-11(10)14-8-9(2)13-12(14)15/h4-8H,3H2,1-2H3,(H,13,15). The summed E-state index contributed by atoms with van der Waals surface area (Å²) in [4.78, 5) is 3.14. The minimum absolute atomic E-state index is 0.758. The number of imidazole rings is 1. The Morgan fingerprint density at radius 1 is 1.33 bits per heavy atom. The fourth-order valence-electron chi connectivity index (χ4n) is 1.74. The van der Waals surface area contributed by atoms with Gasteiger partial charge in [-0.15, -0.1) is 0 Å². The lowest BCUT2D eigenvalue weighted by Gasteiger charge is -2.07. The van der Waals surface area contributed by atoms with Crippen molar-refractivity contribution in [1.29, 1.82) is 0 Å². The molecule has 0 fully saturated rings. The first kappa shape index (κ1) is 10.2. The number of H-pyrrole nitrogens is 1. The van der Waals surface area contributed by atoms with E-state index in [4.69, 9.17) is 12.2 Å². The molecule has 2 nitrogen and oxygen atoms in total. The van der Waals surface area contributed by atoms with Crippen molar-refractivity contribution in [3.63, 3.8) is 0 Å². The van der Waals surface area contributed by atoms with Crippen LogP contribution in [0.1, 0.15) is 18.2 Å². The number of aryl methyl sites for hydroxylation is 2. The van der Waals surface area contributed by atoms with Crippen LogP contribution in [0.2, 0.25) is 0 Å². The zero-order valence-corrected chi connectivity index (χ0v) is 9.77. The lowest BCUT2D eigenvalue weighted by Crippen LogP contribution is -1.97. The van der Waals surface area contributed by atoms with Gasteiger partial charge in [0.25, 0.3) is 0 Å². The molecule has 0 spiro atoms. The summed E-state index contributed by atoms with van der Waals surface area (Å²) in [6.45, 7) is 4.17. The Bertz CT molecular complexity index is 522. The molecule has 0 radical (unpaired) electrons. The molecular weight excluding hydrogens is 204 g/mol. The van der Waals surface area contributed by atoms with E-state index in [1.807, 2.05) is 23.8 Å². The Balaban J connectivity index is 2.63. The topological polar surface area (TPSA) is 20.7 Å². The number of nitrogens with one attached hydrogen (secondary N) is 1. The Kier molecular flexibility index (Phi) is 2.73. The van der Waals surface area contributed by atoms with E-state index in [0.29, 0.717) is 0 Å². The maximum absolute atomic E-state index is 5.27. The van der Waals surface area contributed by atoms with Gasteiger partial charge < -0.3 is 4.98 Å². The Morgan fingerprint density at radius 2 is 2.07 bits per heavy atom. The first-order valence-corrected chi connectivity index (χ1v) is 5.49. The van der Waals surface area contributed by atoms with Crippen molar-refractivity contribution in [2.75, 3.05) is 0 Å². The molecule has 0 bridgehead atoms. The molecular formula is C12H14N2S. The van der Waals surface area contributed by atoms with Gasteiger partial charge in [-0.1, -0.05) is 25.1 Å². The van der Waals surface area contributed by atoms with Gasteiger partial charge in [0.1, 0.15) is 0 Å². The van der Waals surface area contributed by atoms with E-state index >= 15 is 0 Å². The van der Waals surface area contributed by atoms with Crippen molar-refractivity contribution in [2.24, 2.45) is 0 Å². The summed E-state index contributed by atoms with van der Waals surface area (Å²) in [7, 11) is 0. The number of aromatic amines is 1. The average Bonchev–Trinajstić information content (AvgIpc) is 2.57. The van der Waals surface area contributed by atoms with Crippen LogP contribution in [0.25, 0.3) is 5.69 Å². The molecule has 1 heterocycles. The Labute approximate surface area is 94.6 Å². The summed E-state index contributed by atoms with van der Waals surface area (Å²) in [6, 6.07) is 8.34. The molecule has 0 amide bonds. The molecule has 0 saturated carbocycles. The molecule has 0 saturated heterocycles. The second kappa shape index (κ2) is 4.03. The summed E-state index contributed by atoms with van der Waals surface area (Å²) in [5.74, 6) is 0. The summed E-state index contributed by atoms with van der Waals surface area (Å²) in [5, 5.41) is 0. The fraction of sp³-hybridized carbons (Fsp3) is 0.250. The fourth-order valence-corrected chi connectivity index (χ4v) is 2.05. The highest BCUT2D eigenvalue weighted by molar-refractivity contribution is 7.71. The quantitative estimate of drug-likeness (QED) is 0.766. The number of rotatable bonds is 2. The maximum atomic E-state index is 5.27. The van der Waals surface area contributed by atoms with Crippen LogP contribution in [0.4, 0.5) is 0 Å². The van der Waals surface area contributed by atoms with Crippen LogP contribution in [0.5, 0.6) is 0 Å². The van der Waals surface area contributed by atoms with Crippen molar-refractivity contribution >= 4 is 12.2 Å². The van der Waals surface area contributed by atoms with Crippen LogP contribution in [0, 0.1) is 11.7 Å². The van der Waals surface area contributed by atoms with Gasteiger partial charge in [-0.3, -0.25) is 4.57 Å². The molecule has 78 valence electrons. The number of nitrogens with zero attached hydrogens (tertiary/aromatic N) is 1. The van der Waals surface area contributed by atoms with E-state index in [2.05, 4.69) is 30.1 Å². The smallest absolute Gasteiger partial charge is 0.181 e. The first-order chi connectivity index (χ1) is 7.22. The Hall–Kier alpha value is -1.35. The zero-order valence-electron chi connectivity index (χ0n) is 8.95. The largest absolute Gasteiger partial charge is 0.335 e. The average molecular weight is 218 g/mol. The Morgan fingerprint density at radius 3 is 2.67 bits per heavy atom. The van der Waals surface area contributed by atoms with Crippen molar-refractivity contribution < 1.29 is 0 Å². The number of aromatic nitrogens is 2. The number of para-hydroxylation sites is 1. The minimum Gasteiger partial charge on any atom is -0.335 e. The van der Waals surface area contributed by atoms with Crippen LogP contribution < -0.4 is 0 Å². The van der Waals surface area contributed by atoms with E-state index < -0.39 is 0 Å². The second-order valence-electron chi connectivity index (χ2n) is 3.59. The van der Waals surface area contributed by atoms with Crippen LogP contribution in [0.3, 0.4) is 0 Å². The van der Waals surface area contributed by atoms with Crippen LogP contribution in [0.15, 0.2) is 30.5 Å². The van der Waals surface area contributed by atoms with E-state index in [9.17, 15) is 0 Å². The normalized spacial score (nSPS) is 10.5. The van der Waals surface area contributed by atoms with Gasteiger partial charge >= 0.3 is 0 Å². The SMILES string of the molecule is CCc1ccccc1-n1cc(C)[nH]c1=S. The predicted molar refractivity (Wildman–Crippen MR) is 65.1 cm³/mol. The van der Waals surface area contributed by atoms with Gasteiger partial charge in [-0.05, 0) is 37.2 Å². The molecule has 0 aliphatic carbocycles. The minimum atomic E-state index is 0.758. The molecule has 0 aliphatic rings. The third kappa shape index (κ3) is 1.88. The van der Waals surface area contributed by atoms with E-state index in [1.165, 1.54) is 11.3 Å². The molecule has 2 rings (SSSR count). The number of benzene rings is 1. The lowest BCUT2D eigenvalue weighted by molar-refractivity contribution is 0.987. The van der Waals surface area contributed by atoms with E-state index in [-0.39, 0.29) is 0 Å². The molecule has 1 aromatic carbocycles. The van der Waals surface area contributed by atoms with Gasteiger partial charge in [0.15, 0.2) is 4.77 Å². The summed E-state index contributed by atoms with van der Waals surface area (Å²) in [5.41, 5.74) is 3.58. The summed E-state index contributed by atoms with van der Waals surface area (Å²) in [6.07, 6.45) is 3.05. The second-order valence-corrected chi connectivity index (χ2v) is 3.98. The van der Waals surface area contributed by atoms with Gasteiger partial charge in [0.2, 0.25) is 0 Å². The third-order valence-corrected chi connectivity index (χ3v) is 2.78. The molecule has 1 N–H and O–H groups in total. The van der Waals surface area contributed by atoms with E-state index in [1.54, 1.807) is 0 Å². The molecule has 1 aromatic heterocycles. The molecule has 15 heavy (non-hydrogen) atoms. The van der Waals surface area contributed by atoms with Crippen molar-refractivity contribution in [1.82, 2.24) is 9.55 Å². The molecule has 0 atom stereocenters. The number of hydrogen-bond donors (Lipinski definition) is 1. The predicted octanol–water partition coefficient (Wildman–Crippen LogP) is 3.41. The molecule has 0 aliphatic heterocycles. The van der Waals surface area contributed by atoms with Crippen molar-refractivity contribution in [3.05, 3.63) is 46.5 Å². The van der Waals surface area contributed by atoms with E-state index in [0.717, 1.165) is 16.9 Å². The lowest BCUT2D eigenvalue weighted by atomic mass is 10.1.